The highest BCUT2D eigenvalue weighted by Gasteiger charge is 2.24. The van der Waals surface area contributed by atoms with Crippen LogP contribution in [0.15, 0.2) is 0 Å². The molecule has 0 spiro atoms. The van der Waals surface area contributed by atoms with E-state index in [1.54, 1.807) is 6.92 Å². The zero-order valence-electron chi connectivity index (χ0n) is 9.52. The highest BCUT2D eigenvalue weighted by Crippen LogP contribution is 2.16. The summed E-state index contributed by atoms with van der Waals surface area (Å²) in [4.78, 5) is 2.13. The first-order valence-corrected chi connectivity index (χ1v) is 7.37. The van der Waals surface area contributed by atoms with Crippen molar-refractivity contribution >= 4 is 9.84 Å². The summed E-state index contributed by atoms with van der Waals surface area (Å²) < 4.78 is 22.6. The fourth-order valence-corrected chi connectivity index (χ4v) is 2.66. The number of rotatable bonds is 4. The molecule has 1 saturated heterocycles. The third kappa shape index (κ3) is 4.09. The van der Waals surface area contributed by atoms with Crippen molar-refractivity contribution in [1.82, 2.24) is 4.90 Å². The Balaban J connectivity index is 2.35. The van der Waals surface area contributed by atoms with Crippen LogP contribution in [0.1, 0.15) is 20.3 Å². The lowest BCUT2D eigenvalue weighted by Crippen LogP contribution is -2.43. The van der Waals surface area contributed by atoms with E-state index in [9.17, 15) is 13.5 Å². The van der Waals surface area contributed by atoms with Gasteiger partial charge in [0.05, 0.1) is 11.9 Å². The first-order valence-electron chi connectivity index (χ1n) is 5.55. The van der Waals surface area contributed by atoms with Crippen LogP contribution in [0.25, 0.3) is 0 Å². The van der Waals surface area contributed by atoms with Gasteiger partial charge in [-0.1, -0.05) is 13.8 Å². The topological polar surface area (TPSA) is 57.6 Å². The minimum Gasteiger partial charge on any atom is -0.393 e. The third-order valence-electron chi connectivity index (χ3n) is 3.10. The summed E-state index contributed by atoms with van der Waals surface area (Å²) in [5.74, 6) is 0.716. The number of nitrogens with zero attached hydrogens (tertiary/aromatic N) is 1. The average Bonchev–Trinajstić information content (AvgIpc) is 2.20. The molecule has 0 aromatic heterocycles. The Hall–Kier alpha value is -0.130. The van der Waals surface area contributed by atoms with Crippen molar-refractivity contribution < 1.29 is 13.5 Å². The quantitative estimate of drug-likeness (QED) is 0.752. The second-order valence-corrected chi connectivity index (χ2v) is 6.84. The molecule has 1 aliphatic heterocycles. The molecule has 0 aromatic carbocycles. The van der Waals surface area contributed by atoms with Crippen LogP contribution < -0.4 is 0 Å². The second kappa shape index (κ2) is 5.27. The van der Waals surface area contributed by atoms with Crippen LogP contribution in [0, 0.1) is 5.92 Å². The van der Waals surface area contributed by atoms with Gasteiger partial charge in [0.25, 0.3) is 0 Å². The van der Waals surface area contributed by atoms with Crippen LogP contribution in [0.2, 0.25) is 0 Å². The molecular weight excluding hydrogens is 214 g/mol. The number of hydrogen-bond acceptors (Lipinski definition) is 4. The number of aliphatic hydroxyl groups is 1. The molecule has 0 aromatic rings. The number of sulfone groups is 1. The predicted octanol–water partition coefficient (Wildman–Crippen LogP) is 0.124. The Bertz CT molecular complexity index is 289. The maximum absolute atomic E-state index is 11.3. The molecule has 4 nitrogen and oxygen atoms in total. The minimum absolute atomic E-state index is 0.218. The van der Waals surface area contributed by atoms with E-state index in [1.165, 1.54) is 0 Å². The molecule has 1 fully saturated rings. The van der Waals surface area contributed by atoms with E-state index in [2.05, 4.69) is 4.90 Å². The zero-order valence-corrected chi connectivity index (χ0v) is 10.3. The maximum Gasteiger partial charge on any atom is 0.151 e. The molecule has 0 aliphatic carbocycles. The molecule has 0 radical (unpaired) electrons. The van der Waals surface area contributed by atoms with Gasteiger partial charge in [-0.05, 0) is 12.3 Å². The van der Waals surface area contributed by atoms with Crippen molar-refractivity contribution in [1.29, 1.82) is 0 Å². The van der Waals surface area contributed by atoms with Crippen LogP contribution in [-0.4, -0.2) is 55.7 Å². The van der Waals surface area contributed by atoms with Crippen molar-refractivity contribution in [2.75, 3.05) is 31.1 Å². The van der Waals surface area contributed by atoms with Crippen LogP contribution in [0.3, 0.4) is 0 Å². The first-order chi connectivity index (χ1) is 6.94. The number of aliphatic hydroxyl groups excluding tert-OH is 1. The molecule has 1 rings (SSSR count). The molecular formula is C10H21NO3S. The Kier molecular flexibility index (Phi) is 4.55. The highest BCUT2D eigenvalue weighted by molar-refractivity contribution is 7.91. The van der Waals surface area contributed by atoms with Gasteiger partial charge in [-0.3, -0.25) is 0 Å². The average molecular weight is 235 g/mol. The molecule has 0 saturated carbocycles. The second-order valence-electron chi connectivity index (χ2n) is 4.37. The van der Waals surface area contributed by atoms with Gasteiger partial charge in [-0.2, -0.15) is 0 Å². The maximum atomic E-state index is 11.3. The van der Waals surface area contributed by atoms with Crippen molar-refractivity contribution in [3.63, 3.8) is 0 Å². The van der Waals surface area contributed by atoms with Gasteiger partial charge in [0.15, 0.2) is 9.84 Å². The lowest BCUT2D eigenvalue weighted by Gasteiger charge is -2.34. The van der Waals surface area contributed by atoms with Gasteiger partial charge >= 0.3 is 0 Å². The van der Waals surface area contributed by atoms with Crippen LogP contribution in [-0.2, 0) is 9.84 Å². The van der Waals surface area contributed by atoms with E-state index >= 15 is 0 Å². The smallest absolute Gasteiger partial charge is 0.151 e. The van der Waals surface area contributed by atoms with Crippen molar-refractivity contribution in [2.24, 2.45) is 5.92 Å². The Morgan fingerprint density at radius 2 is 2.13 bits per heavy atom. The SMILES string of the molecule is CCS(=O)(=O)CCN1CCC(O)C(C)C1. The molecule has 5 heteroatoms. The largest absolute Gasteiger partial charge is 0.393 e. The molecule has 2 unspecified atom stereocenters. The lowest BCUT2D eigenvalue weighted by molar-refractivity contribution is 0.0375. The summed E-state index contributed by atoms with van der Waals surface area (Å²) in [5, 5.41) is 9.52. The van der Waals surface area contributed by atoms with Crippen molar-refractivity contribution in [3.05, 3.63) is 0 Å². The molecule has 0 bridgehead atoms. The van der Waals surface area contributed by atoms with Crippen molar-refractivity contribution in [3.8, 4) is 0 Å². The third-order valence-corrected chi connectivity index (χ3v) is 4.79. The summed E-state index contributed by atoms with van der Waals surface area (Å²) in [6.07, 6.45) is 0.539. The van der Waals surface area contributed by atoms with Crippen LogP contribution >= 0.6 is 0 Å². The van der Waals surface area contributed by atoms with Gasteiger partial charge < -0.3 is 10.0 Å². The van der Waals surface area contributed by atoms with Gasteiger partial charge in [0, 0.05) is 25.4 Å². The highest BCUT2D eigenvalue weighted by atomic mass is 32.2. The molecule has 1 N–H and O–H groups in total. The van der Waals surface area contributed by atoms with Gasteiger partial charge in [-0.15, -0.1) is 0 Å². The summed E-state index contributed by atoms with van der Waals surface area (Å²) in [6.45, 7) is 5.90. The van der Waals surface area contributed by atoms with Crippen molar-refractivity contribution in [2.45, 2.75) is 26.4 Å². The fraction of sp³-hybridized carbons (Fsp3) is 1.00. The molecule has 0 amide bonds. The minimum atomic E-state index is -2.85. The normalized spacial score (nSPS) is 29.3. The standard InChI is InChI=1S/C10H21NO3S/c1-3-15(13,14)7-6-11-5-4-10(12)9(2)8-11/h9-10,12H,3-8H2,1-2H3. The number of likely N-dealkylation sites (tertiary alicyclic amines) is 1. The summed E-state index contributed by atoms with van der Waals surface area (Å²) in [5.41, 5.74) is 0. The van der Waals surface area contributed by atoms with E-state index in [1.807, 2.05) is 6.92 Å². The number of hydrogen-bond donors (Lipinski definition) is 1. The Morgan fingerprint density at radius 3 is 2.67 bits per heavy atom. The molecule has 1 aliphatic rings. The fourth-order valence-electron chi connectivity index (χ4n) is 1.84. The van der Waals surface area contributed by atoms with Crippen LogP contribution in [0.5, 0.6) is 0 Å². The summed E-state index contributed by atoms with van der Waals surface area (Å²) in [7, 11) is -2.85. The number of piperidine rings is 1. The van der Waals surface area contributed by atoms with E-state index < -0.39 is 9.84 Å². The Labute approximate surface area is 92.2 Å². The zero-order chi connectivity index (χ0) is 11.5. The molecule has 90 valence electrons. The molecule has 15 heavy (non-hydrogen) atoms. The predicted molar refractivity (Wildman–Crippen MR) is 60.6 cm³/mol. The monoisotopic (exact) mass is 235 g/mol. The lowest BCUT2D eigenvalue weighted by atomic mass is 9.97. The van der Waals surface area contributed by atoms with Crippen LogP contribution in [0.4, 0.5) is 0 Å². The summed E-state index contributed by atoms with van der Waals surface area (Å²) >= 11 is 0. The first kappa shape index (κ1) is 12.9. The van der Waals surface area contributed by atoms with E-state index in [0.717, 1.165) is 19.5 Å². The van der Waals surface area contributed by atoms with E-state index in [-0.39, 0.29) is 23.5 Å². The van der Waals surface area contributed by atoms with Gasteiger partial charge in [0.1, 0.15) is 0 Å². The van der Waals surface area contributed by atoms with E-state index in [4.69, 9.17) is 0 Å². The molecule has 1 heterocycles. The van der Waals surface area contributed by atoms with Gasteiger partial charge in [0.2, 0.25) is 0 Å². The molecule has 2 atom stereocenters. The Morgan fingerprint density at radius 1 is 1.47 bits per heavy atom. The van der Waals surface area contributed by atoms with Gasteiger partial charge in [-0.25, -0.2) is 8.42 Å². The van der Waals surface area contributed by atoms with E-state index in [0.29, 0.717) is 6.54 Å². The summed E-state index contributed by atoms with van der Waals surface area (Å²) in [6, 6.07) is 0.